The van der Waals surface area contributed by atoms with Crippen molar-refractivity contribution in [3.63, 3.8) is 0 Å². The lowest BCUT2D eigenvalue weighted by molar-refractivity contribution is -0.136. The summed E-state index contributed by atoms with van der Waals surface area (Å²) in [5.41, 5.74) is 7.91. The lowest BCUT2D eigenvalue weighted by Crippen LogP contribution is -2.44. The van der Waals surface area contributed by atoms with Crippen molar-refractivity contribution in [1.82, 2.24) is 5.32 Å². The second-order valence-electron chi connectivity index (χ2n) is 9.42. The molecule has 5 rings (SSSR count). The maximum Gasteiger partial charge on any atom is 0.414 e. The second-order valence-corrected chi connectivity index (χ2v) is 9.42. The van der Waals surface area contributed by atoms with E-state index in [-0.39, 0.29) is 18.9 Å². The van der Waals surface area contributed by atoms with Gasteiger partial charge in [-0.2, -0.15) is 0 Å². The number of rotatable bonds is 6. The number of hydrogen-bond donors (Lipinski definition) is 2. The molecule has 0 saturated carbocycles. The molecular weight excluding hydrogens is 454 g/mol. The molecule has 36 heavy (non-hydrogen) atoms. The molecule has 1 heterocycles. The molecule has 7 nitrogen and oxygen atoms in total. The third kappa shape index (κ3) is 4.54. The molecule has 0 radical (unpaired) electrons. The van der Waals surface area contributed by atoms with E-state index in [1.807, 2.05) is 37.3 Å². The van der Waals surface area contributed by atoms with Crippen molar-refractivity contribution in [2.45, 2.75) is 19.3 Å². The van der Waals surface area contributed by atoms with Gasteiger partial charge in [-0.05, 0) is 52.4 Å². The number of aliphatic carboxylic acids is 1. The molecule has 186 valence electrons. The zero-order chi connectivity index (χ0) is 25.2. The first-order chi connectivity index (χ1) is 17.4. The van der Waals surface area contributed by atoms with Crippen LogP contribution in [0.25, 0.3) is 11.1 Å². The number of amides is 1. The van der Waals surface area contributed by atoms with Crippen molar-refractivity contribution in [2.24, 2.45) is 0 Å². The van der Waals surface area contributed by atoms with Crippen LogP contribution >= 0.6 is 0 Å². The Hall–Kier alpha value is -3.84. The summed E-state index contributed by atoms with van der Waals surface area (Å²) in [4.78, 5) is 28.5. The van der Waals surface area contributed by atoms with Crippen LogP contribution in [0.3, 0.4) is 0 Å². The van der Waals surface area contributed by atoms with Crippen LogP contribution in [0, 0.1) is 6.92 Å². The number of piperazine rings is 1. The summed E-state index contributed by atoms with van der Waals surface area (Å²) < 4.78 is 5.84. The summed E-state index contributed by atoms with van der Waals surface area (Å²) in [6.07, 6.45) is -0.564. The van der Waals surface area contributed by atoms with E-state index in [0.717, 1.165) is 48.6 Å². The number of benzene rings is 3. The number of nitrogens with one attached hydrogen (secondary N) is 1. The molecule has 3 aromatic carbocycles. The van der Waals surface area contributed by atoms with Crippen LogP contribution in [0.1, 0.15) is 28.2 Å². The van der Waals surface area contributed by atoms with Crippen molar-refractivity contribution in [3.8, 4) is 11.1 Å². The van der Waals surface area contributed by atoms with E-state index in [4.69, 9.17) is 4.74 Å². The summed E-state index contributed by atoms with van der Waals surface area (Å²) in [5, 5.41) is 12.8. The van der Waals surface area contributed by atoms with Crippen molar-refractivity contribution in [2.75, 3.05) is 49.6 Å². The summed E-state index contributed by atoms with van der Waals surface area (Å²) in [6.45, 7) is 5.56. The highest BCUT2D eigenvalue weighted by atomic mass is 16.6. The van der Waals surface area contributed by atoms with Crippen molar-refractivity contribution >= 4 is 23.4 Å². The summed E-state index contributed by atoms with van der Waals surface area (Å²) in [7, 11) is 1.68. The Morgan fingerprint density at radius 2 is 1.64 bits per heavy atom. The monoisotopic (exact) mass is 485 g/mol. The van der Waals surface area contributed by atoms with Gasteiger partial charge in [-0.1, -0.05) is 48.5 Å². The van der Waals surface area contributed by atoms with Gasteiger partial charge < -0.3 is 20.1 Å². The number of carbonyl (C=O) groups excluding carboxylic acids is 1. The molecule has 1 aliphatic carbocycles. The van der Waals surface area contributed by atoms with Gasteiger partial charge in [0, 0.05) is 50.5 Å². The van der Waals surface area contributed by atoms with E-state index in [2.05, 4.69) is 34.5 Å². The van der Waals surface area contributed by atoms with E-state index in [1.165, 1.54) is 16.0 Å². The Morgan fingerprint density at radius 1 is 1.03 bits per heavy atom. The van der Waals surface area contributed by atoms with Gasteiger partial charge in [0.05, 0.1) is 6.42 Å². The molecule has 0 atom stereocenters. The Balaban J connectivity index is 1.38. The molecule has 0 unspecified atom stereocenters. The predicted octanol–water partition coefficient (Wildman–Crippen LogP) is 4.42. The highest BCUT2D eigenvalue weighted by Crippen LogP contribution is 2.44. The van der Waals surface area contributed by atoms with E-state index in [0.29, 0.717) is 11.3 Å². The largest absolute Gasteiger partial charge is 0.481 e. The fourth-order valence-corrected chi connectivity index (χ4v) is 5.31. The molecule has 0 spiro atoms. The van der Waals surface area contributed by atoms with Gasteiger partial charge in [-0.15, -0.1) is 0 Å². The molecule has 7 heteroatoms. The first kappa shape index (κ1) is 23.9. The number of carbonyl (C=O) groups is 2. The number of ether oxygens (including phenoxy) is 1. The fourth-order valence-electron chi connectivity index (χ4n) is 5.31. The zero-order valence-corrected chi connectivity index (χ0v) is 20.7. The number of fused-ring (bicyclic) bond motifs is 3. The van der Waals surface area contributed by atoms with E-state index >= 15 is 0 Å². The third-order valence-electron chi connectivity index (χ3n) is 7.27. The summed E-state index contributed by atoms with van der Waals surface area (Å²) in [5.74, 6) is -0.919. The van der Waals surface area contributed by atoms with Crippen LogP contribution < -0.4 is 15.1 Å². The van der Waals surface area contributed by atoms with Crippen molar-refractivity contribution < 1.29 is 19.4 Å². The Labute approximate surface area is 211 Å². The van der Waals surface area contributed by atoms with Crippen LogP contribution in [0.4, 0.5) is 16.2 Å². The van der Waals surface area contributed by atoms with Crippen molar-refractivity contribution in [1.29, 1.82) is 0 Å². The first-order valence-electron chi connectivity index (χ1n) is 12.3. The fraction of sp³-hybridized carbons (Fsp3) is 0.310. The minimum Gasteiger partial charge on any atom is -0.481 e. The predicted molar refractivity (Wildman–Crippen MR) is 141 cm³/mol. The molecule has 1 amide bonds. The SMILES string of the molecule is Cc1c(CC(=O)O)cc(N(C)C(=O)OCC2c3ccccc3-c3ccccc32)cc1N1CCNCC1. The lowest BCUT2D eigenvalue weighted by atomic mass is 9.98. The molecule has 0 aromatic heterocycles. The minimum absolute atomic E-state index is 0.0215. The minimum atomic E-state index is -0.898. The highest BCUT2D eigenvalue weighted by molar-refractivity contribution is 5.89. The van der Waals surface area contributed by atoms with E-state index in [1.54, 1.807) is 13.1 Å². The Morgan fingerprint density at radius 3 is 2.25 bits per heavy atom. The maximum absolute atomic E-state index is 13.2. The van der Waals surface area contributed by atoms with Gasteiger partial charge >= 0.3 is 12.1 Å². The average molecular weight is 486 g/mol. The van der Waals surface area contributed by atoms with Gasteiger partial charge in [0.15, 0.2) is 0 Å². The Kier molecular flexibility index (Phi) is 6.65. The highest BCUT2D eigenvalue weighted by Gasteiger charge is 2.30. The van der Waals surface area contributed by atoms with Crippen molar-refractivity contribution in [3.05, 3.63) is 82.9 Å². The van der Waals surface area contributed by atoms with E-state index < -0.39 is 12.1 Å². The molecule has 1 saturated heterocycles. The number of carboxylic acids is 1. The van der Waals surface area contributed by atoms with Crippen LogP contribution in [0.2, 0.25) is 0 Å². The number of hydrogen-bond acceptors (Lipinski definition) is 5. The first-order valence-corrected chi connectivity index (χ1v) is 12.3. The maximum atomic E-state index is 13.2. The van der Waals surface area contributed by atoms with Gasteiger partial charge in [0.2, 0.25) is 0 Å². The molecule has 2 aliphatic rings. The average Bonchev–Trinajstić information content (AvgIpc) is 3.22. The molecular formula is C29H31N3O4. The molecule has 1 fully saturated rings. The van der Waals surface area contributed by atoms with Gasteiger partial charge in [0.25, 0.3) is 0 Å². The smallest absolute Gasteiger partial charge is 0.414 e. The third-order valence-corrected chi connectivity index (χ3v) is 7.27. The van der Waals surface area contributed by atoms with Gasteiger partial charge in [-0.3, -0.25) is 9.69 Å². The number of anilines is 2. The van der Waals surface area contributed by atoms with Gasteiger partial charge in [-0.25, -0.2) is 4.79 Å². The lowest BCUT2D eigenvalue weighted by Gasteiger charge is -2.32. The molecule has 2 N–H and O–H groups in total. The quantitative estimate of drug-likeness (QED) is 0.538. The molecule has 3 aromatic rings. The van der Waals surface area contributed by atoms with Crippen LogP contribution in [0.15, 0.2) is 60.7 Å². The van der Waals surface area contributed by atoms with Crippen LogP contribution in [-0.4, -0.2) is 57.0 Å². The second kappa shape index (κ2) is 10.0. The number of nitrogens with zero attached hydrogens (tertiary/aromatic N) is 2. The zero-order valence-electron chi connectivity index (χ0n) is 20.7. The molecule has 0 bridgehead atoms. The number of carboxylic acid groups (broad SMARTS) is 1. The summed E-state index contributed by atoms with van der Waals surface area (Å²) in [6, 6.07) is 20.2. The summed E-state index contributed by atoms with van der Waals surface area (Å²) >= 11 is 0. The normalized spacial score (nSPS) is 14.8. The topological polar surface area (TPSA) is 82.1 Å². The van der Waals surface area contributed by atoms with Crippen LogP contribution in [-0.2, 0) is 16.0 Å². The van der Waals surface area contributed by atoms with Crippen LogP contribution in [0.5, 0.6) is 0 Å². The van der Waals surface area contributed by atoms with E-state index in [9.17, 15) is 14.7 Å². The standard InChI is InChI=1S/C29H31N3O4/c1-19-20(16-28(33)34)15-21(17-27(19)32-13-11-30-12-14-32)31(2)29(35)36-18-26-24-9-5-3-7-22(24)23-8-4-6-10-25(23)26/h3-10,15,17,26,30H,11-14,16,18H2,1-2H3,(H,33,34). The van der Waals surface area contributed by atoms with Gasteiger partial charge in [0.1, 0.15) is 6.61 Å². The molecule has 1 aliphatic heterocycles. The Bertz CT molecular complexity index is 1250.